The molecule has 1 aromatic rings. The van der Waals surface area contributed by atoms with Crippen LogP contribution in [0.15, 0.2) is 18.5 Å². The molecule has 1 aliphatic heterocycles. The predicted molar refractivity (Wildman–Crippen MR) is 91.4 cm³/mol. The molecule has 23 heavy (non-hydrogen) atoms. The summed E-state index contributed by atoms with van der Waals surface area (Å²) in [4.78, 5) is 16.4. The Hall–Kier alpha value is -1.44. The molecule has 0 unspecified atom stereocenters. The molecule has 126 valence electrons. The monoisotopic (exact) mass is 319 g/mol. The number of anilines is 1. The number of aromatic nitrogens is 1. The zero-order valence-electron chi connectivity index (χ0n) is 14.8. The first-order valence-electron chi connectivity index (χ1n) is 8.03. The summed E-state index contributed by atoms with van der Waals surface area (Å²) in [6, 6.07) is 1.87. The van der Waals surface area contributed by atoms with Gasteiger partial charge in [-0.05, 0) is 40.2 Å². The Bertz CT molecular complexity index is 561. The van der Waals surface area contributed by atoms with Gasteiger partial charge in [0.2, 0.25) is 5.91 Å². The molecule has 0 bridgehead atoms. The number of nitrogens with one attached hydrogen (secondary N) is 1. The third kappa shape index (κ3) is 3.57. The van der Waals surface area contributed by atoms with Crippen LogP contribution in [0, 0.1) is 0 Å². The van der Waals surface area contributed by atoms with Crippen molar-refractivity contribution in [3.8, 4) is 0 Å². The summed E-state index contributed by atoms with van der Waals surface area (Å²) in [7, 11) is 1.22. The Morgan fingerprint density at radius 1 is 1.26 bits per heavy atom. The summed E-state index contributed by atoms with van der Waals surface area (Å²) in [5.74, 6) is 0.00266. The highest BCUT2D eigenvalue weighted by molar-refractivity contribution is 6.62. The summed E-state index contributed by atoms with van der Waals surface area (Å²) in [5.41, 5.74) is 3.57. The summed E-state index contributed by atoms with van der Waals surface area (Å²) in [5, 5.41) is 1.51. The normalized spacial score (nSPS) is 19.0. The second-order valence-electron chi connectivity index (χ2n) is 6.77. The van der Waals surface area contributed by atoms with E-state index in [1.54, 1.807) is 19.4 Å². The van der Waals surface area contributed by atoms with Crippen molar-refractivity contribution in [2.75, 3.05) is 12.1 Å². The molecule has 1 fully saturated rings. The lowest BCUT2D eigenvalue weighted by atomic mass is 9.80. The maximum Gasteiger partial charge on any atom is 0.496 e. The van der Waals surface area contributed by atoms with E-state index in [1.807, 2.05) is 40.7 Å². The molecule has 0 aromatic carbocycles. The van der Waals surface area contributed by atoms with Crippen LogP contribution in [0.5, 0.6) is 0 Å². The molecule has 6 nitrogen and oxygen atoms in total. The average Bonchev–Trinajstić information content (AvgIpc) is 2.69. The molecular formula is C16H26BN3O3. The van der Waals surface area contributed by atoms with E-state index in [4.69, 9.17) is 9.31 Å². The van der Waals surface area contributed by atoms with E-state index in [0.717, 1.165) is 11.9 Å². The van der Waals surface area contributed by atoms with Crippen molar-refractivity contribution >= 4 is 24.2 Å². The number of hydrogen-bond donors (Lipinski definition) is 1. The molecule has 7 heteroatoms. The Kier molecular flexibility index (Phi) is 5.13. The van der Waals surface area contributed by atoms with Gasteiger partial charge in [0, 0.05) is 25.1 Å². The van der Waals surface area contributed by atoms with Gasteiger partial charge in [0.1, 0.15) is 0 Å². The summed E-state index contributed by atoms with van der Waals surface area (Å²) in [6.07, 6.45) is 4.63. The molecule has 2 rings (SSSR count). The zero-order valence-corrected chi connectivity index (χ0v) is 14.8. The fourth-order valence-electron chi connectivity index (χ4n) is 2.40. The first-order chi connectivity index (χ1) is 10.7. The number of hydrogen-bond acceptors (Lipinski definition) is 5. The minimum atomic E-state index is -0.493. The van der Waals surface area contributed by atoms with Crippen LogP contribution in [-0.2, 0) is 14.1 Å². The van der Waals surface area contributed by atoms with Crippen LogP contribution in [0.3, 0.4) is 0 Å². The van der Waals surface area contributed by atoms with Crippen molar-refractivity contribution in [3.63, 3.8) is 0 Å². The van der Waals surface area contributed by atoms with Gasteiger partial charge < -0.3 is 9.31 Å². The summed E-state index contributed by atoms with van der Waals surface area (Å²) in [6.45, 7) is 10.0. The Morgan fingerprint density at radius 3 is 2.39 bits per heavy atom. The van der Waals surface area contributed by atoms with Crippen LogP contribution >= 0.6 is 0 Å². The molecule has 0 atom stereocenters. The second-order valence-corrected chi connectivity index (χ2v) is 6.77. The van der Waals surface area contributed by atoms with Gasteiger partial charge in [0.25, 0.3) is 0 Å². The van der Waals surface area contributed by atoms with Crippen molar-refractivity contribution in [2.24, 2.45) is 0 Å². The summed E-state index contributed by atoms with van der Waals surface area (Å²) < 4.78 is 12.1. The highest BCUT2D eigenvalue weighted by Crippen LogP contribution is 2.36. The lowest BCUT2D eigenvalue weighted by Gasteiger charge is -2.32. The van der Waals surface area contributed by atoms with Crippen molar-refractivity contribution in [1.29, 1.82) is 0 Å². The van der Waals surface area contributed by atoms with E-state index >= 15 is 0 Å². The fourth-order valence-corrected chi connectivity index (χ4v) is 2.40. The number of carbonyl (C=O) groups is 1. The van der Waals surface area contributed by atoms with Crippen LogP contribution in [0.2, 0.25) is 0 Å². The molecule has 0 saturated carbocycles. The van der Waals surface area contributed by atoms with Crippen LogP contribution in [0.25, 0.3) is 0 Å². The Morgan fingerprint density at radius 2 is 1.87 bits per heavy atom. The van der Waals surface area contributed by atoms with Gasteiger partial charge in [-0.2, -0.15) is 0 Å². The zero-order chi connectivity index (χ0) is 17.3. The number of hydrazine groups is 1. The van der Waals surface area contributed by atoms with Gasteiger partial charge in [-0.3, -0.25) is 9.78 Å². The van der Waals surface area contributed by atoms with E-state index < -0.39 is 18.3 Å². The molecule has 0 radical (unpaired) electrons. The molecule has 1 amide bonds. The fraction of sp³-hybridized carbons (Fsp3) is 0.625. The van der Waals surface area contributed by atoms with Crippen molar-refractivity contribution in [1.82, 2.24) is 10.4 Å². The second kappa shape index (κ2) is 6.59. The highest BCUT2D eigenvalue weighted by atomic mass is 16.7. The maximum absolute atomic E-state index is 12.2. The Labute approximate surface area is 138 Å². The first-order valence-corrected chi connectivity index (χ1v) is 8.03. The molecule has 1 saturated heterocycles. The number of nitrogens with zero attached hydrogens (tertiary/aromatic N) is 2. The van der Waals surface area contributed by atoms with E-state index in [-0.39, 0.29) is 5.91 Å². The minimum absolute atomic E-state index is 0.00266. The van der Waals surface area contributed by atoms with Crippen LogP contribution in [0.1, 0.15) is 47.5 Å². The van der Waals surface area contributed by atoms with Gasteiger partial charge >= 0.3 is 7.12 Å². The third-order valence-electron chi connectivity index (χ3n) is 4.47. The SMILES string of the molecule is CCCC(=O)N(NC)c1cncc(B2OC(C)(C)C(C)(C)O2)c1. The molecule has 0 spiro atoms. The lowest BCUT2D eigenvalue weighted by Crippen LogP contribution is -2.42. The molecular weight excluding hydrogens is 293 g/mol. The van der Waals surface area contributed by atoms with Gasteiger partial charge in [-0.15, -0.1) is 0 Å². The maximum atomic E-state index is 12.2. The minimum Gasteiger partial charge on any atom is -0.399 e. The summed E-state index contributed by atoms with van der Waals surface area (Å²) >= 11 is 0. The van der Waals surface area contributed by atoms with Crippen molar-refractivity contribution in [3.05, 3.63) is 18.5 Å². The standard InChI is InChI=1S/C16H26BN3O3/c1-7-8-14(21)20(18-6)13-9-12(10-19-11-13)17-22-15(2,3)16(4,5)23-17/h9-11,18H,7-8H2,1-6H3. The van der Waals surface area contributed by atoms with Gasteiger partial charge in [-0.25, -0.2) is 10.4 Å². The number of rotatable bonds is 5. The quantitative estimate of drug-likeness (QED) is 0.660. The third-order valence-corrected chi connectivity index (χ3v) is 4.47. The van der Waals surface area contributed by atoms with Crippen molar-refractivity contribution in [2.45, 2.75) is 58.7 Å². The first kappa shape index (κ1) is 17.9. The van der Waals surface area contributed by atoms with Crippen molar-refractivity contribution < 1.29 is 14.1 Å². The van der Waals surface area contributed by atoms with E-state index in [1.165, 1.54) is 5.01 Å². The van der Waals surface area contributed by atoms with E-state index in [9.17, 15) is 4.79 Å². The molecule has 1 aromatic heterocycles. The smallest absolute Gasteiger partial charge is 0.399 e. The molecule has 1 aliphatic rings. The number of amides is 1. The molecule has 0 aliphatic carbocycles. The van der Waals surface area contributed by atoms with Gasteiger partial charge in [0.15, 0.2) is 0 Å². The van der Waals surface area contributed by atoms with Gasteiger partial charge in [-0.1, -0.05) is 6.92 Å². The number of carbonyl (C=O) groups excluding carboxylic acids is 1. The number of pyridine rings is 1. The topological polar surface area (TPSA) is 63.7 Å². The highest BCUT2D eigenvalue weighted by Gasteiger charge is 2.51. The average molecular weight is 319 g/mol. The van der Waals surface area contributed by atoms with E-state index in [0.29, 0.717) is 12.1 Å². The lowest BCUT2D eigenvalue weighted by molar-refractivity contribution is -0.119. The van der Waals surface area contributed by atoms with Crippen LogP contribution < -0.4 is 15.9 Å². The van der Waals surface area contributed by atoms with Gasteiger partial charge in [0.05, 0.1) is 23.1 Å². The van der Waals surface area contributed by atoms with Crippen LogP contribution in [0.4, 0.5) is 5.69 Å². The molecule has 2 heterocycles. The van der Waals surface area contributed by atoms with E-state index in [2.05, 4.69) is 10.4 Å². The predicted octanol–water partition coefficient (Wildman–Crippen LogP) is 1.65. The van der Waals surface area contributed by atoms with Crippen LogP contribution in [-0.4, -0.2) is 36.3 Å². The largest absolute Gasteiger partial charge is 0.496 e. The Balaban J connectivity index is 2.25. The molecule has 1 N–H and O–H groups in total.